The smallest absolute Gasteiger partial charge is 0.0542 e. The van der Waals surface area contributed by atoms with Crippen molar-refractivity contribution in [2.24, 2.45) is 0 Å². The Kier molecular flexibility index (Phi) is 11.4. The Morgan fingerprint density at radius 3 is 1.09 bits per heavy atom. The Bertz CT molecular complexity index is 3440. The van der Waals surface area contributed by atoms with E-state index in [2.05, 4.69) is 259 Å². The molecule has 0 amide bonds. The van der Waals surface area contributed by atoms with Gasteiger partial charge in [-0.2, -0.15) is 0 Å². The van der Waals surface area contributed by atoms with Crippen LogP contribution in [0.4, 0.5) is 0 Å². The molecule has 9 aromatic carbocycles. The molecule has 0 unspecified atom stereocenters. The van der Waals surface area contributed by atoms with Gasteiger partial charge >= 0.3 is 25.9 Å². The van der Waals surface area contributed by atoms with E-state index in [1.54, 1.807) is 6.08 Å². The van der Waals surface area contributed by atoms with Gasteiger partial charge in [0, 0.05) is 49.4 Å². The van der Waals surface area contributed by atoms with Gasteiger partial charge in [0.05, 0.1) is 33.1 Å². The molecule has 0 aliphatic carbocycles. The molecule has 12 rings (SSSR count). The van der Waals surface area contributed by atoms with Crippen molar-refractivity contribution in [2.75, 3.05) is 0 Å². The van der Waals surface area contributed by atoms with Crippen LogP contribution in [0.2, 0.25) is 0 Å². The average molecular weight is 906 g/mol. The zero-order valence-electron chi connectivity index (χ0n) is 35.3. The Morgan fingerprint density at radius 1 is 0.344 bits per heavy atom. The molecule has 0 aliphatic rings. The standard InChI is InChI=1S/C54H35N3.C5H8.HSSe/c1-4-14-36(15-5-1)38-24-28-51-45(32-38)43-20-10-12-22-49(43)56(51)41-26-30-53-47(34-41)48-35-42(27-31-54(48)55(53)40-18-8-3-9-19-40)57-50-23-13-11-21-44(50)46-33-39(25-29-52(46)57)37-16-6-2-7-17-37;1-3-5-4-2;1-2/h1-35H;3-5H,1H2,2H3;1H/b;5-4-;. The van der Waals surface area contributed by atoms with E-state index < -0.39 is 0 Å². The predicted molar refractivity (Wildman–Crippen MR) is 280 cm³/mol. The average Bonchev–Trinajstić information content (AvgIpc) is 4.00. The number of thiol groups is 1. The second-order valence-electron chi connectivity index (χ2n) is 15.7. The van der Waals surface area contributed by atoms with Crippen molar-refractivity contribution in [3.8, 4) is 39.3 Å². The Labute approximate surface area is 386 Å². The fraction of sp³-hybridized carbons (Fsp3) is 0.0169. The third-order valence-corrected chi connectivity index (χ3v) is 12.2. The van der Waals surface area contributed by atoms with Crippen LogP contribution in [0.5, 0.6) is 0 Å². The van der Waals surface area contributed by atoms with Crippen LogP contribution in [0.15, 0.2) is 237 Å². The van der Waals surface area contributed by atoms with E-state index in [1.807, 2.05) is 19.1 Å². The Hall–Kier alpha value is -7.27. The van der Waals surface area contributed by atoms with Crippen LogP contribution in [-0.4, -0.2) is 28.6 Å². The number of aromatic nitrogens is 3. The summed E-state index contributed by atoms with van der Waals surface area (Å²) in [7, 11) is 0. The molecule has 0 fully saturated rings. The first-order valence-corrected chi connectivity index (χ1v) is 24.1. The zero-order valence-corrected chi connectivity index (χ0v) is 38.0. The van der Waals surface area contributed by atoms with Gasteiger partial charge in [0.15, 0.2) is 0 Å². The minimum Gasteiger partial charge on any atom is -0.309 e. The molecular weight excluding hydrogens is 862 g/mol. The zero-order chi connectivity index (χ0) is 43.6. The third kappa shape index (κ3) is 7.14. The van der Waals surface area contributed by atoms with Gasteiger partial charge in [0.1, 0.15) is 0 Å². The molecule has 12 aromatic rings. The first-order valence-electron chi connectivity index (χ1n) is 21.4. The molecule has 0 spiro atoms. The number of para-hydroxylation sites is 3. The van der Waals surface area contributed by atoms with E-state index in [9.17, 15) is 0 Å². The van der Waals surface area contributed by atoms with Gasteiger partial charge in [-0.1, -0.05) is 152 Å². The number of hydrogen-bond donors (Lipinski definition) is 1. The van der Waals surface area contributed by atoms with Crippen molar-refractivity contribution in [3.63, 3.8) is 0 Å². The van der Waals surface area contributed by atoms with E-state index in [0.29, 0.717) is 0 Å². The maximum atomic E-state index is 3.46. The molecule has 5 heteroatoms. The summed E-state index contributed by atoms with van der Waals surface area (Å²) < 4.78 is 7.28. The van der Waals surface area contributed by atoms with Crippen LogP contribution in [0.3, 0.4) is 0 Å². The second-order valence-corrected chi connectivity index (χ2v) is 15.7. The van der Waals surface area contributed by atoms with Crippen LogP contribution in [0, 0.1) is 0 Å². The third-order valence-electron chi connectivity index (χ3n) is 12.2. The summed E-state index contributed by atoms with van der Waals surface area (Å²) >= 11 is 5.72. The topological polar surface area (TPSA) is 14.8 Å². The molecule has 0 bridgehead atoms. The molecule has 0 N–H and O–H groups in total. The molecular formula is C59H44N3SSe. The molecule has 3 aromatic heterocycles. The molecule has 3 heterocycles. The van der Waals surface area contributed by atoms with Gasteiger partial charge in [-0.05, 0) is 114 Å². The molecule has 1 radical (unpaired) electrons. The fourth-order valence-electron chi connectivity index (χ4n) is 9.39. The molecule has 307 valence electrons. The minimum absolute atomic E-state index is 1.14. The maximum Gasteiger partial charge on any atom is 0.0542 e. The molecule has 0 atom stereocenters. The van der Waals surface area contributed by atoms with E-state index >= 15 is 0 Å². The van der Waals surface area contributed by atoms with Crippen molar-refractivity contribution in [2.45, 2.75) is 6.92 Å². The largest absolute Gasteiger partial charge is 0.309 e. The number of nitrogens with zero attached hydrogens (tertiary/aromatic N) is 3. The second kappa shape index (κ2) is 17.8. The molecule has 3 nitrogen and oxygen atoms in total. The van der Waals surface area contributed by atoms with Gasteiger partial charge in [-0.25, -0.2) is 0 Å². The Balaban J connectivity index is 0.000000650. The number of rotatable bonds is 6. The van der Waals surface area contributed by atoms with Crippen LogP contribution in [-0.2, 0) is 0 Å². The molecule has 64 heavy (non-hydrogen) atoms. The van der Waals surface area contributed by atoms with Gasteiger partial charge in [-0.3, -0.25) is 0 Å². The first-order chi connectivity index (χ1) is 31.7. The quantitative estimate of drug-likeness (QED) is 0.0971. The van der Waals surface area contributed by atoms with Gasteiger partial charge in [-0.15, -0.1) is 0 Å². The predicted octanol–water partition coefficient (Wildman–Crippen LogP) is 16.1. The van der Waals surface area contributed by atoms with Crippen molar-refractivity contribution < 1.29 is 0 Å². The SMILES string of the molecule is C=C/C=C\C.S[Se].c1ccc(-c2ccc3c(c2)c2ccccc2n3-c2ccc3c(c2)c2cc(-n4c5ccccc5c5cc(-c6ccccc6)ccc54)ccc2n3-c2ccccc2)cc1. The monoisotopic (exact) mass is 906 g/mol. The summed E-state index contributed by atoms with van der Waals surface area (Å²) in [6.07, 6.45) is 5.58. The number of fused-ring (bicyclic) bond motifs is 9. The van der Waals surface area contributed by atoms with E-state index in [0.717, 1.165) is 17.1 Å². The normalized spacial score (nSPS) is 11.4. The fourth-order valence-corrected chi connectivity index (χ4v) is 9.39. The summed E-state index contributed by atoms with van der Waals surface area (Å²) in [5.74, 6) is 0. The maximum absolute atomic E-state index is 3.46. The van der Waals surface area contributed by atoms with Crippen LogP contribution < -0.4 is 0 Å². The van der Waals surface area contributed by atoms with Crippen molar-refractivity contribution in [1.82, 2.24) is 13.7 Å². The van der Waals surface area contributed by atoms with Crippen molar-refractivity contribution >= 4 is 91.4 Å². The number of hydrogen-bond acceptors (Lipinski definition) is 1. The summed E-state index contributed by atoms with van der Waals surface area (Å²) in [5.41, 5.74) is 15.5. The summed E-state index contributed by atoms with van der Waals surface area (Å²) in [4.78, 5) is 0. The van der Waals surface area contributed by atoms with E-state index in [1.165, 1.54) is 87.7 Å². The van der Waals surface area contributed by atoms with Gasteiger partial charge < -0.3 is 13.7 Å². The van der Waals surface area contributed by atoms with Gasteiger partial charge in [0.25, 0.3) is 0 Å². The van der Waals surface area contributed by atoms with Crippen molar-refractivity contribution in [3.05, 3.63) is 237 Å². The summed E-state index contributed by atoms with van der Waals surface area (Å²) in [5, 5.41) is 7.44. The molecule has 0 saturated heterocycles. The number of allylic oxidation sites excluding steroid dienone is 3. The van der Waals surface area contributed by atoms with Gasteiger partial charge in [0.2, 0.25) is 0 Å². The van der Waals surface area contributed by atoms with E-state index in [-0.39, 0.29) is 0 Å². The van der Waals surface area contributed by atoms with Crippen LogP contribution in [0.25, 0.3) is 105 Å². The molecule has 0 aliphatic heterocycles. The van der Waals surface area contributed by atoms with Crippen LogP contribution >= 0.6 is 11.0 Å². The van der Waals surface area contributed by atoms with E-state index in [4.69, 9.17) is 0 Å². The van der Waals surface area contributed by atoms with Crippen LogP contribution in [0.1, 0.15) is 6.92 Å². The Morgan fingerprint density at radius 2 is 0.688 bits per heavy atom. The molecule has 0 saturated carbocycles. The first kappa shape index (κ1) is 40.8. The number of benzene rings is 9. The minimum atomic E-state index is 1.14. The van der Waals surface area contributed by atoms with Crippen molar-refractivity contribution in [1.29, 1.82) is 0 Å². The summed E-state index contributed by atoms with van der Waals surface area (Å²) in [6, 6.07) is 77.5. The summed E-state index contributed by atoms with van der Waals surface area (Å²) in [6.45, 7) is 5.42.